The van der Waals surface area contributed by atoms with Gasteiger partial charge in [0.05, 0.1) is 12.1 Å². The molecule has 21 nitrogen and oxygen atoms in total. The van der Waals surface area contributed by atoms with Crippen LogP contribution in [0.5, 0.6) is 0 Å². The number of aliphatic carboxylic acids is 2. The van der Waals surface area contributed by atoms with Crippen molar-refractivity contribution < 1.29 is 53.7 Å². The molecule has 0 aromatic heterocycles. The number of carbonyl (C=O) groups is 8. The van der Waals surface area contributed by atoms with Crippen molar-refractivity contribution in [1.29, 1.82) is 0 Å². The van der Waals surface area contributed by atoms with Crippen LogP contribution in [0.3, 0.4) is 0 Å². The van der Waals surface area contributed by atoms with Crippen LogP contribution in [-0.2, 0) is 44.8 Å². The van der Waals surface area contributed by atoms with E-state index in [1.807, 2.05) is 0 Å². The second-order valence-corrected chi connectivity index (χ2v) is 13.6. The Morgan fingerprint density at radius 3 is 1.77 bits per heavy atom. The van der Waals surface area contributed by atoms with Crippen LogP contribution in [-0.4, -0.2) is 118 Å². The molecule has 0 bridgehead atoms. The van der Waals surface area contributed by atoms with E-state index in [-0.39, 0.29) is 63.4 Å². The third kappa shape index (κ3) is 19.0. The molecule has 1 aromatic rings. The number of primary amides is 1. The minimum atomic E-state index is -1.62. The van der Waals surface area contributed by atoms with Gasteiger partial charge in [-0.25, -0.2) is 4.79 Å². The number of nitrogens with zero attached hydrogens (tertiary/aromatic N) is 1. The topological polar surface area (TPSA) is 374 Å². The first-order chi connectivity index (χ1) is 26.2. The Balaban J connectivity index is 3.33. The van der Waals surface area contributed by atoms with Crippen LogP contribution in [0.25, 0.3) is 0 Å². The van der Waals surface area contributed by atoms with Crippen molar-refractivity contribution in [3.05, 3.63) is 35.9 Å². The summed E-state index contributed by atoms with van der Waals surface area (Å²) < 4.78 is 0. The van der Waals surface area contributed by atoms with E-state index in [1.54, 1.807) is 44.2 Å². The number of nitrogens with one attached hydrogen (secondary N) is 5. The van der Waals surface area contributed by atoms with E-state index in [4.69, 9.17) is 28.0 Å². The van der Waals surface area contributed by atoms with E-state index in [2.05, 4.69) is 31.6 Å². The molecule has 0 spiro atoms. The fourth-order valence-corrected chi connectivity index (χ4v) is 5.23. The maximum atomic E-state index is 13.8. The zero-order valence-electron chi connectivity index (χ0n) is 31.7. The number of nitrogens with two attached hydrogens (primary N) is 4. The second-order valence-electron chi connectivity index (χ2n) is 13.6. The maximum absolute atomic E-state index is 13.8. The van der Waals surface area contributed by atoms with Gasteiger partial charge in [0, 0.05) is 25.8 Å². The second kappa shape index (κ2) is 24.6. The summed E-state index contributed by atoms with van der Waals surface area (Å²) in [6, 6.07) is -0.0909. The molecule has 7 atom stereocenters. The molecule has 56 heavy (non-hydrogen) atoms. The van der Waals surface area contributed by atoms with Gasteiger partial charge in [-0.05, 0) is 50.5 Å². The Morgan fingerprint density at radius 2 is 1.23 bits per heavy atom. The molecule has 0 aliphatic heterocycles. The standard InChI is InChI=1S/C35H56N10O11/c1-18(2)16-24(44-33(54)28(19(3)46)45-29(50)21(36)11-14-27(48)49)31(52)41-22(12-13-26(37)47)30(51)43-25(17-20-8-5-4-6-9-20)32(53)42-23(34(55)56)10-7-15-40-35(38)39/h4-6,8-9,18-19,21-25,28,46H,7,10-17,36H2,1-3H3,(H2,37,47)(H,41,52)(H,42,53)(H,43,51)(H,44,54)(H,45,50)(H,48,49)(H,55,56)(H4,38,39,40)/t19-,21+,22+,23+,24+,25+,28+/m1/s1. The molecule has 0 aliphatic rings. The van der Waals surface area contributed by atoms with Crippen molar-refractivity contribution in [3.8, 4) is 0 Å². The summed E-state index contributed by atoms with van der Waals surface area (Å²) in [5, 5.41) is 41.1. The van der Waals surface area contributed by atoms with E-state index in [9.17, 15) is 48.6 Å². The number of carboxylic acid groups (broad SMARTS) is 2. The Labute approximate surface area is 324 Å². The quantitative estimate of drug-likeness (QED) is 0.0248. The summed E-state index contributed by atoms with van der Waals surface area (Å²) in [6.07, 6.45) is -2.85. The number of carboxylic acids is 2. The SMILES string of the molecule is CC(C)C[C@H](NC(=O)[C@@H](NC(=O)[C@@H](N)CCC(=O)O)[C@@H](C)O)C(=O)N[C@@H](CCC(N)=O)C(=O)N[C@@H](Cc1ccccc1)C(=O)N[C@@H](CCCN=C(N)N)C(=O)O. The summed E-state index contributed by atoms with van der Waals surface area (Å²) in [7, 11) is 0. The van der Waals surface area contributed by atoms with E-state index in [0.29, 0.717) is 5.56 Å². The first-order valence-electron chi connectivity index (χ1n) is 18.0. The number of aliphatic imine (C=N–C) groups is 1. The molecule has 0 saturated heterocycles. The lowest BCUT2D eigenvalue weighted by molar-refractivity contribution is -0.142. The Bertz CT molecular complexity index is 1540. The summed E-state index contributed by atoms with van der Waals surface area (Å²) in [5.74, 6) is -8.40. The van der Waals surface area contributed by atoms with Gasteiger partial charge in [-0.15, -0.1) is 0 Å². The van der Waals surface area contributed by atoms with Gasteiger partial charge in [-0.2, -0.15) is 0 Å². The van der Waals surface area contributed by atoms with Gasteiger partial charge in [-0.1, -0.05) is 44.2 Å². The number of amides is 6. The van der Waals surface area contributed by atoms with E-state index in [1.165, 1.54) is 6.92 Å². The summed E-state index contributed by atoms with van der Waals surface area (Å²) >= 11 is 0. The molecule has 0 unspecified atom stereocenters. The molecule has 6 amide bonds. The highest BCUT2D eigenvalue weighted by Gasteiger charge is 2.34. The molecule has 0 aliphatic carbocycles. The minimum Gasteiger partial charge on any atom is -0.481 e. The minimum absolute atomic E-state index is 0.000861. The van der Waals surface area contributed by atoms with E-state index < -0.39 is 96.2 Å². The first kappa shape index (κ1) is 48.2. The number of carbonyl (C=O) groups excluding carboxylic acids is 6. The van der Waals surface area contributed by atoms with Gasteiger partial charge in [0.2, 0.25) is 35.4 Å². The van der Waals surface area contributed by atoms with Crippen molar-refractivity contribution in [1.82, 2.24) is 26.6 Å². The normalized spacial score (nSPS) is 14.7. The lowest BCUT2D eigenvalue weighted by atomic mass is 10.0. The summed E-state index contributed by atoms with van der Waals surface area (Å²) in [6.45, 7) is 4.76. The smallest absolute Gasteiger partial charge is 0.326 e. The predicted molar refractivity (Wildman–Crippen MR) is 202 cm³/mol. The highest BCUT2D eigenvalue weighted by atomic mass is 16.4. The van der Waals surface area contributed by atoms with Gasteiger partial charge in [0.25, 0.3) is 0 Å². The van der Waals surface area contributed by atoms with Gasteiger partial charge in [0.1, 0.15) is 30.2 Å². The zero-order valence-corrected chi connectivity index (χ0v) is 31.7. The lowest BCUT2D eigenvalue weighted by Crippen LogP contribution is -2.61. The van der Waals surface area contributed by atoms with Crippen molar-refractivity contribution in [2.75, 3.05) is 6.54 Å². The number of aliphatic hydroxyl groups is 1. The number of benzene rings is 1. The Hall–Kier alpha value is -5.83. The third-order valence-electron chi connectivity index (χ3n) is 8.20. The molecular weight excluding hydrogens is 736 g/mol. The molecule has 1 rings (SSSR count). The van der Waals surface area contributed by atoms with Crippen LogP contribution >= 0.6 is 0 Å². The molecular formula is C35H56N10O11. The average Bonchev–Trinajstić information content (AvgIpc) is 3.11. The van der Waals surface area contributed by atoms with E-state index in [0.717, 1.165) is 0 Å². The van der Waals surface area contributed by atoms with Crippen molar-refractivity contribution in [2.45, 2.75) is 114 Å². The lowest BCUT2D eigenvalue weighted by Gasteiger charge is -2.28. The fourth-order valence-electron chi connectivity index (χ4n) is 5.23. The maximum Gasteiger partial charge on any atom is 0.326 e. The Kier molecular flexibility index (Phi) is 21.1. The number of aliphatic hydroxyl groups excluding tert-OH is 1. The van der Waals surface area contributed by atoms with Crippen LogP contribution in [0.15, 0.2) is 35.3 Å². The van der Waals surface area contributed by atoms with Gasteiger partial charge in [0.15, 0.2) is 5.96 Å². The summed E-state index contributed by atoms with van der Waals surface area (Å²) in [4.78, 5) is 105. The number of rotatable bonds is 26. The van der Waals surface area contributed by atoms with Crippen molar-refractivity contribution in [3.63, 3.8) is 0 Å². The highest BCUT2D eigenvalue weighted by molar-refractivity contribution is 5.96. The number of hydrogen-bond acceptors (Lipinski definition) is 11. The fraction of sp³-hybridized carbons (Fsp3) is 0.571. The van der Waals surface area contributed by atoms with Crippen LogP contribution in [0.1, 0.15) is 71.3 Å². The first-order valence-corrected chi connectivity index (χ1v) is 18.0. The zero-order chi connectivity index (χ0) is 42.5. The Morgan fingerprint density at radius 1 is 0.679 bits per heavy atom. The van der Waals surface area contributed by atoms with Crippen LogP contribution in [0.2, 0.25) is 0 Å². The predicted octanol–water partition coefficient (Wildman–Crippen LogP) is -3.32. The van der Waals surface area contributed by atoms with Crippen LogP contribution in [0, 0.1) is 5.92 Å². The van der Waals surface area contributed by atoms with E-state index >= 15 is 0 Å². The third-order valence-corrected chi connectivity index (χ3v) is 8.20. The number of hydrogen-bond donors (Lipinski definition) is 12. The molecule has 16 N–H and O–H groups in total. The largest absolute Gasteiger partial charge is 0.481 e. The molecule has 312 valence electrons. The molecule has 0 saturated carbocycles. The molecule has 21 heteroatoms. The van der Waals surface area contributed by atoms with Crippen molar-refractivity contribution >= 4 is 53.3 Å². The van der Waals surface area contributed by atoms with Crippen LogP contribution in [0.4, 0.5) is 0 Å². The number of guanidine groups is 1. The van der Waals surface area contributed by atoms with Crippen LogP contribution < -0.4 is 49.5 Å². The molecule has 0 heterocycles. The van der Waals surface area contributed by atoms with Gasteiger partial charge in [-0.3, -0.25) is 38.6 Å². The molecule has 0 fully saturated rings. The monoisotopic (exact) mass is 792 g/mol. The summed E-state index contributed by atoms with van der Waals surface area (Å²) in [5.41, 5.74) is 22.3. The average molecular weight is 793 g/mol. The van der Waals surface area contributed by atoms with Gasteiger partial charge >= 0.3 is 11.9 Å². The molecule has 1 aromatic carbocycles. The molecule has 0 radical (unpaired) electrons. The van der Waals surface area contributed by atoms with Gasteiger partial charge < -0.3 is 64.8 Å². The van der Waals surface area contributed by atoms with Crippen molar-refractivity contribution in [2.24, 2.45) is 33.8 Å². The highest BCUT2D eigenvalue weighted by Crippen LogP contribution is 2.11.